The third kappa shape index (κ3) is 4.51. The zero-order valence-electron chi connectivity index (χ0n) is 9.66. The molecule has 1 rings (SSSR count). The highest BCUT2D eigenvalue weighted by molar-refractivity contribution is 5.76. The normalized spacial score (nSPS) is 18.1. The fraction of sp³-hybridized carbons (Fsp3) is 0.818. The molecule has 0 aromatic heterocycles. The molecule has 1 fully saturated rings. The Kier molecular flexibility index (Phi) is 5.08. The Balaban J connectivity index is 2.27. The molecule has 0 aliphatic heterocycles. The van der Waals surface area contributed by atoms with Crippen molar-refractivity contribution in [2.75, 3.05) is 0 Å². The van der Waals surface area contributed by atoms with Crippen molar-refractivity contribution in [1.82, 2.24) is 10.6 Å². The first-order chi connectivity index (χ1) is 7.61. The zero-order valence-corrected chi connectivity index (χ0v) is 9.66. The lowest BCUT2D eigenvalue weighted by Gasteiger charge is -2.18. The Morgan fingerprint density at radius 2 is 2.00 bits per heavy atom. The first-order valence-electron chi connectivity index (χ1n) is 5.90. The second kappa shape index (κ2) is 6.35. The second-order valence-corrected chi connectivity index (χ2v) is 4.30. The summed E-state index contributed by atoms with van der Waals surface area (Å²) < 4.78 is 0. The molecule has 1 atom stereocenters. The molecule has 0 saturated heterocycles. The molecular formula is C11H20N2O3. The molecule has 16 heavy (non-hydrogen) atoms. The maximum Gasteiger partial charge on any atom is 0.315 e. The highest BCUT2D eigenvalue weighted by Gasteiger charge is 2.19. The van der Waals surface area contributed by atoms with Crippen LogP contribution in [0.2, 0.25) is 0 Å². The summed E-state index contributed by atoms with van der Waals surface area (Å²) in [5, 5.41) is 14.2. The van der Waals surface area contributed by atoms with Gasteiger partial charge >= 0.3 is 12.0 Å². The molecular weight excluding hydrogens is 208 g/mol. The minimum Gasteiger partial charge on any atom is -0.481 e. The molecule has 0 bridgehead atoms. The van der Waals surface area contributed by atoms with Gasteiger partial charge in [-0.15, -0.1) is 0 Å². The van der Waals surface area contributed by atoms with Crippen LogP contribution in [0.4, 0.5) is 4.79 Å². The number of aliphatic carboxylic acids is 1. The number of carbonyl (C=O) groups is 2. The van der Waals surface area contributed by atoms with Gasteiger partial charge in [0.2, 0.25) is 0 Å². The monoisotopic (exact) mass is 228 g/mol. The van der Waals surface area contributed by atoms with Crippen molar-refractivity contribution in [2.45, 2.75) is 57.5 Å². The lowest BCUT2D eigenvalue weighted by atomic mass is 10.1. The van der Waals surface area contributed by atoms with E-state index in [1.54, 1.807) is 0 Å². The van der Waals surface area contributed by atoms with E-state index < -0.39 is 5.97 Å². The molecule has 0 spiro atoms. The molecule has 1 unspecified atom stereocenters. The average molecular weight is 228 g/mol. The van der Waals surface area contributed by atoms with Crippen molar-refractivity contribution in [1.29, 1.82) is 0 Å². The van der Waals surface area contributed by atoms with E-state index in [-0.39, 0.29) is 24.5 Å². The Bertz CT molecular complexity index is 250. The van der Waals surface area contributed by atoms with Gasteiger partial charge in [0, 0.05) is 12.1 Å². The van der Waals surface area contributed by atoms with Crippen molar-refractivity contribution in [3.05, 3.63) is 0 Å². The summed E-state index contributed by atoms with van der Waals surface area (Å²) in [6.07, 6.45) is 5.00. The van der Waals surface area contributed by atoms with Gasteiger partial charge in [0.15, 0.2) is 0 Å². The SMILES string of the molecule is CCC(CC(=O)O)NC(=O)NC1CCCC1. The van der Waals surface area contributed by atoms with Gasteiger partial charge in [0.1, 0.15) is 0 Å². The van der Waals surface area contributed by atoms with Crippen molar-refractivity contribution < 1.29 is 14.7 Å². The van der Waals surface area contributed by atoms with Crippen LogP contribution in [0.15, 0.2) is 0 Å². The van der Waals surface area contributed by atoms with Gasteiger partial charge in [-0.1, -0.05) is 19.8 Å². The lowest BCUT2D eigenvalue weighted by Crippen LogP contribution is -2.45. The summed E-state index contributed by atoms with van der Waals surface area (Å²) in [6, 6.07) is -0.249. The molecule has 0 heterocycles. The molecule has 1 aliphatic carbocycles. The van der Waals surface area contributed by atoms with Crippen LogP contribution in [0.1, 0.15) is 45.4 Å². The van der Waals surface area contributed by atoms with Crippen molar-refractivity contribution in [3.8, 4) is 0 Å². The Hall–Kier alpha value is -1.26. The molecule has 92 valence electrons. The number of amides is 2. The number of carboxylic acids is 1. The molecule has 1 aliphatic rings. The van der Waals surface area contributed by atoms with Gasteiger partial charge in [0.25, 0.3) is 0 Å². The van der Waals surface area contributed by atoms with E-state index in [0.717, 1.165) is 25.7 Å². The highest BCUT2D eigenvalue weighted by atomic mass is 16.4. The van der Waals surface area contributed by atoms with Crippen LogP contribution in [0.25, 0.3) is 0 Å². The summed E-state index contributed by atoms with van der Waals surface area (Å²) in [7, 11) is 0. The van der Waals surface area contributed by atoms with Crippen molar-refractivity contribution in [3.63, 3.8) is 0 Å². The Labute approximate surface area is 95.6 Å². The topological polar surface area (TPSA) is 78.4 Å². The zero-order chi connectivity index (χ0) is 12.0. The fourth-order valence-corrected chi connectivity index (χ4v) is 1.99. The summed E-state index contributed by atoms with van der Waals surface area (Å²) >= 11 is 0. The number of carbonyl (C=O) groups excluding carboxylic acids is 1. The lowest BCUT2D eigenvalue weighted by molar-refractivity contribution is -0.137. The molecule has 5 heteroatoms. The molecule has 3 N–H and O–H groups in total. The van der Waals surface area contributed by atoms with E-state index in [9.17, 15) is 9.59 Å². The predicted octanol–water partition coefficient (Wildman–Crippen LogP) is 1.48. The van der Waals surface area contributed by atoms with Gasteiger partial charge in [-0.05, 0) is 19.3 Å². The smallest absolute Gasteiger partial charge is 0.315 e. The van der Waals surface area contributed by atoms with Crippen LogP contribution in [0, 0.1) is 0 Å². The quantitative estimate of drug-likeness (QED) is 0.667. The van der Waals surface area contributed by atoms with Gasteiger partial charge in [-0.2, -0.15) is 0 Å². The maximum absolute atomic E-state index is 11.5. The number of hydrogen-bond acceptors (Lipinski definition) is 2. The van der Waals surface area contributed by atoms with Crippen LogP contribution in [-0.4, -0.2) is 29.2 Å². The molecule has 0 radical (unpaired) electrons. The largest absolute Gasteiger partial charge is 0.481 e. The van der Waals surface area contributed by atoms with Gasteiger partial charge in [-0.25, -0.2) is 4.79 Å². The van der Waals surface area contributed by atoms with Crippen LogP contribution >= 0.6 is 0 Å². The first kappa shape index (κ1) is 12.8. The van der Waals surface area contributed by atoms with Crippen LogP contribution in [0.5, 0.6) is 0 Å². The van der Waals surface area contributed by atoms with Gasteiger partial charge in [-0.3, -0.25) is 4.79 Å². The summed E-state index contributed by atoms with van der Waals surface area (Å²) in [6.45, 7) is 1.86. The Morgan fingerprint density at radius 1 is 1.38 bits per heavy atom. The molecule has 0 aromatic rings. The second-order valence-electron chi connectivity index (χ2n) is 4.30. The molecule has 1 saturated carbocycles. The summed E-state index contributed by atoms with van der Waals surface area (Å²) in [5.74, 6) is -0.881. The van der Waals surface area contributed by atoms with Crippen LogP contribution < -0.4 is 10.6 Å². The van der Waals surface area contributed by atoms with Crippen LogP contribution in [-0.2, 0) is 4.79 Å². The minimum absolute atomic E-state index is 0.0193. The number of urea groups is 1. The molecule has 2 amide bonds. The van der Waals surface area contributed by atoms with E-state index >= 15 is 0 Å². The van der Waals surface area contributed by atoms with Crippen LogP contribution in [0.3, 0.4) is 0 Å². The summed E-state index contributed by atoms with van der Waals surface area (Å²) in [5.41, 5.74) is 0. The number of nitrogens with one attached hydrogen (secondary N) is 2. The summed E-state index contributed by atoms with van der Waals surface area (Å²) in [4.78, 5) is 22.1. The Morgan fingerprint density at radius 3 is 2.50 bits per heavy atom. The minimum atomic E-state index is -0.881. The molecule has 5 nitrogen and oxygen atoms in total. The highest BCUT2D eigenvalue weighted by Crippen LogP contribution is 2.17. The predicted molar refractivity (Wildman–Crippen MR) is 60.3 cm³/mol. The third-order valence-corrected chi connectivity index (χ3v) is 2.94. The van der Waals surface area contributed by atoms with Crippen molar-refractivity contribution >= 4 is 12.0 Å². The number of carboxylic acid groups (broad SMARTS) is 1. The van der Waals surface area contributed by atoms with E-state index in [2.05, 4.69) is 10.6 Å². The van der Waals surface area contributed by atoms with Crippen molar-refractivity contribution in [2.24, 2.45) is 0 Å². The number of hydrogen-bond donors (Lipinski definition) is 3. The van der Waals surface area contributed by atoms with E-state index in [0.29, 0.717) is 6.42 Å². The van der Waals surface area contributed by atoms with Gasteiger partial charge < -0.3 is 15.7 Å². The fourth-order valence-electron chi connectivity index (χ4n) is 1.99. The van der Waals surface area contributed by atoms with E-state index in [1.807, 2.05) is 6.92 Å². The van der Waals surface area contributed by atoms with E-state index in [1.165, 1.54) is 0 Å². The van der Waals surface area contributed by atoms with E-state index in [4.69, 9.17) is 5.11 Å². The maximum atomic E-state index is 11.5. The van der Waals surface area contributed by atoms with Gasteiger partial charge in [0.05, 0.1) is 6.42 Å². The first-order valence-corrected chi connectivity index (χ1v) is 5.90. The average Bonchev–Trinajstić information content (AvgIpc) is 2.68. The third-order valence-electron chi connectivity index (χ3n) is 2.94. The molecule has 0 aromatic carbocycles. The standard InChI is InChI=1S/C11H20N2O3/c1-2-8(7-10(14)15)12-11(16)13-9-5-3-4-6-9/h8-9H,2-7H2,1H3,(H,14,15)(H2,12,13,16). The number of rotatable bonds is 5.